The van der Waals surface area contributed by atoms with Crippen molar-refractivity contribution < 1.29 is 14.7 Å². The van der Waals surface area contributed by atoms with Crippen LogP contribution in [0.3, 0.4) is 0 Å². The molecule has 6 heteroatoms. The van der Waals surface area contributed by atoms with Gasteiger partial charge in [0.2, 0.25) is 5.91 Å². The molecule has 3 heterocycles. The highest BCUT2D eigenvalue weighted by molar-refractivity contribution is 5.94. The van der Waals surface area contributed by atoms with Gasteiger partial charge >= 0.3 is 0 Å². The van der Waals surface area contributed by atoms with Crippen LogP contribution < -0.4 is 0 Å². The molecule has 6 nitrogen and oxygen atoms in total. The number of nitrogens with zero attached hydrogens (tertiary/aromatic N) is 3. The van der Waals surface area contributed by atoms with E-state index in [0.717, 1.165) is 6.42 Å². The maximum atomic E-state index is 12.9. The second kappa shape index (κ2) is 7.74. The normalized spacial score (nSPS) is 27.4. The fourth-order valence-electron chi connectivity index (χ4n) is 4.15. The monoisotopic (exact) mass is 359 g/mol. The quantitative estimate of drug-likeness (QED) is 0.895. The first-order valence-corrected chi connectivity index (χ1v) is 9.63. The highest BCUT2D eigenvalue weighted by Gasteiger charge is 2.40. The number of aliphatic hydroxyl groups is 1. The summed E-state index contributed by atoms with van der Waals surface area (Å²) in [5.41, 5.74) is -0.0277. The molecule has 3 rings (SSSR count). The summed E-state index contributed by atoms with van der Waals surface area (Å²) in [6.07, 6.45) is 6.17. The fourth-order valence-corrected chi connectivity index (χ4v) is 4.15. The molecule has 2 aliphatic heterocycles. The first kappa shape index (κ1) is 18.8. The maximum Gasteiger partial charge on any atom is 0.253 e. The molecule has 142 valence electrons. The zero-order valence-electron chi connectivity index (χ0n) is 15.7. The van der Waals surface area contributed by atoms with Crippen LogP contribution in [0.1, 0.15) is 49.9 Å². The molecule has 0 spiro atoms. The molecule has 2 amide bonds. The standard InChI is InChI=1S/C20H29N3O3/c1-3-17-14-23(13-8-20(17,2)26)19(25)16-6-11-22(12-7-16)18(24)15-4-9-21-10-5-15/h4-5,9-10,16-17,26H,3,6-8,11-14H2,1-2H3/t17-,20+/m0/s1. The zero-order valence-corrected chi connectivity index (χ0v) is 15.7. The maximum absolute atomic E-state index is 12.9. The van der Waals surface area contributed by atoms with Gasteiger partial charge in [0, 0.05) is 56.0 Å². The zero-order chi connectivity index (χ0) is 18.7. The van der Waals surface area contributed by atoms with Crippen LogP contribution in [0, 0.1) is 11.8 Å². The molecular weight excluding hydrogens is 330 g/mol. The molecule has 0 aromatic carbocycles. The molecule has 2 saturated heterocycles. The number of hydrogen-bond donors (Lipinski definition) is 1. The Labute approximate surface area is 155 Å². The van der Waals surface area contributed by atoms with Crippen LogP contribution in [0.5, 0.6) is 0 Å². The van der Waals surface area contributed by atoms with Crippen molar-refractivity contribution in [1.82, 2.24) is 14.8 Å². The number of piperidine rings is 2. The summed E-state index contributed by atoms with van der Waals surface area (Å²) < 4.78 is 0. The van der Waals surface area contributed by atoms with Gasteiger partial charge in [-0.2, -0.15) is 0 Å². The van der Waals surface area contributed by atoms with Crippen molar-refractivity contribution in [3.05, 3.63) is 30.1 Å². The van der Waals surface area contributed by atoms with Gasteiger partial charge in [0.05, 0.1) is 5.60 Å². The van der Waals surface area contributed by atoms with Crippen molar-refractivity contribution in [3.63, 3.8) is 0 Å². The highest BCUT2D eigenvalue weighted by Crippen LogP contribution is 2.31. The summed E-state index contributed by atoms with van der Waals surface area (Å²) in [5, 5.41) is 10.5. The van der Waals surface area contributed by atoms with E-state index >= 15 is 0 Å². The van der Waals surface area contributed by atoms with Crippen LogP contribution in [0.4, 0.5) is 0 Å². The largest absolute Gasteiger partial charge is 0.390 e. The van der Waals surface area contributed by atoms with E-state index in [1.807, 2.05) is 16.7 Å². The van der Waals surface area contributed by atoms with Gasteiger partial charge in [-0.25, -0.2) is 0 Å². The van der Waals surface area contributed by atoms with Gasteiger partial charge < -0.3 is 14.9 Å². The van der Waals surface area contributed by atoms with Gasteiger partial charge in [0.15, 0.2) is 0 Å². The van der Waals surface area contributed by atoms with E-state index in [9.17, 15) is 14.7 Å². The summed E-state index contributed by atoms with van der Waals surface area (Å²) in [5.74, 6) is 0.318. The molecule has 0 aliphatic carbocycles. The Balaban J connectivity index is 1.55. The van der Waals surface area contributed by atoms with Crippen molar-refractivity contribution in [1.29, 1.82) is 0 Å². The van der Waals surface area contributed by atoms with Crippen molar-refractivity contribution >= 4 is 11.8 Å². The van der Waals surface area contributed by atoms with Gasteiger partial charge in [-0.05, 0) is 44.7 Å². The molecular formula is C20H29N3O3. The van der Waals surface area contributed by atoms with E-state index in [4.69, 9.17) is 0 Å². The Kier molecular flexibility index (Phi) is 5.61. The first-order valence-electron chi connectivity index (χ1n) is 9.63. The van der Waals surface area contributed by atoms with Gasteiger partial charge in [-0.15, -0.1) is 0 Å². The average Bonchev–Trinajstić information content (AvgIpc) is 2.67. The van der Waals surface area contributed by atoms with Gasteiger partial charge in [0.25, 0.3) is 5.91 Å². The van der Waals surface area contributed by atoms with Crippen LogP contribution in [0.15, 0.2) is 24.5 Å². The van der Waals surface area contributed by atoms with Crippen LogP contribution in [-0.4, -0.2) is 63.5 Å². The summed E-state index contributed by atoms with van der Waals surface area (Å²) in [6.45, 7) is 6.43. The minimum Gasteiger partial charge on any atom is -0.390 e. The third-order valence-electron chi connectivity index (χ3n) is 6.07. The minimum atomic E-state index is -0.675. The predicted octanol–water partition coefficient (Wildman–Crippen LogP) is 1.94. The van der Waals surface area contributed by atoms with E-state index in [0.29, 0.717) is 51.0 Å². The number of aromatic nitrogens is 1. The molecule has 26 heavy (non-hydrogen) atoms. The number of carbonyl (C=O) groups excluding carboxylic acids is 2. The average molecular weight is 359 g/mol. The van der Waals surface area contributed by atoms with Crippen LogP contribution in [-0.2, 0) is 4.79 Å². The number of likely N-dealkylation sites (tertiary alicyclic amines) is 2. The Morgan fingerprint density at radius 3 is 2.46 bits per heavy atom. The molecule has 0 bridgehead atoms. The SMILES string of the molecule is CC[C@H]1CN(C(=O)C2CCN(C(=O)c3ccncc3)CC2)CC[C@@]1(C)O. The lowest BCUT2D eigenvalue weighted by Gasteiger charge is -2.44. The molecule has 0 radical (unpaired) electrons. The second-order valence-corrected chi connectivity index (χ2v) is 7.80. The Morgan fingerprint density at radius 1 is 1.19 bits per heavy atom. The van der Waals surface area contributed by atoms with Crippen molar-refractivity contribution in [2.45, 2.75) is 45.1 Å². The predicted molar refractivity (Wildman–Crippen MR) is 98.5 cm³/mol. The van der Waals surface area contributed by atoms with Crippen LogP contribution in [0.2, 0.25) is 0 Å². The number of amides is 2. The smallest absolute Gasteiger partial charge is 0.253 e. The third-order valence-corrected chi connectivity index (χ3v) is 6.07. The highest BCUT2D eigenvalue weighted by atomic mass is 16.3. The van der Waals surface area contributed by atoms with E-state index in [2.05, 4.69) is 11.9 Å². The van der Waals surface area contributed by atoms with E-state index in [1.165, 1.54) is 0 Å². The summed E-state index contributed by atoms with van der Waals surface area (Å²) >= 11 is 0. The Bertz CT molecular complexity index is 639. The topological polar surface area (TPSA) is 73.7 Å². The molecule has 1 N–H and O–H groups in total. The summed E-state index contributed by atoms with van der Waals surface area (Å²) in [7, 11) is 0. The first-order chi connectivity index (χ1) is 12.4. The van der Waals surface area contributed by atoms with Crippen LogP contribution in [0.25, 0.3) is 0 Å². The van der Waals surface area contributed by atoms with Crippen molar-refractivity contribution in [2.24, 2.45) is 11.8 Å². The number of pyridine rings is 1. The molecule has 0 saturated carbocycles. The van der Waals surface area contributed by atoms with Gasteiger partial charge in [0.1, 0.15) is 0 Å². The lowest BCUT2D eigenvalue weighted by Crippen LogP contribution is -2.54. The Morgan fingerprint density at radius 2 is 1.85 bits per heavy atom. The van der Waals surface area contributed by atoms with Crippen LogP contribution >= 0.6 is 0 Å². The second-order valence-electron chi connectivity index (χ2n) is 7.80. The van der Waals surface area contributed by atoms with Crippen molar-refractivity contribution in [3.8, 4) is 0 Å². The summed E-state index contributed by atoms with van der Waals surface area (Å²) in [6, 6.07) is 3.45. The molecule has 2 aliphatic rings. The van der Waals surface area contributed by atoms with Gasteiger partial charge in [-0.1, -0.05) is 6.92 Å². The molecule has 2 fully saturated rings. The molecule has 1 aromatic rings. The minimum absolute atomic E-state index is 0.0124. The van der Waals surface area contributed by atoms with Crippen molar-refractivity contribution in [2.75, 3.05) is 26.2 Å². The lowest BCUT2D eigenvalue weighted by atomic mass is 9.80. The third kappa shape index (κ3) is 3.90. The van der Waals surface area contributed by atoms with E-state index < -0.39 is 5.60 Å². The lowest BCUT2D eigenvalue weighted by molar-refractivity contribution is -0.144. The number of hydrogen-bond acceptors (Lipinski definition) is 4. The summed E-state index contributed by atoms with van der Waals surface area (Å²) in [4.78, 5) is 33.1. The van der Waals surface area contributed by atoms with E-state index in [1.54, 1.807) is 24.5 Å². The molecule has 0 unspecified atom stereocenters. The molecule has 2 atom stereocenters. The number of carbonyl (C=O) groups is 2. The molecule has 1 aromatic heterocycles. The fraction of sp³-hybridized carbons (Fsp3) is 0.650. The van der Waals surface area contributed by atoms with E-state index in [-0.39, 0.29) is 23.7 Å². The Hall–Kier alpha value is -1.95. The number of rotatable bonds is 3. The van der Waals surface area contributed by atoms with Gasteiger partial charge in [-0.3, -0.25) is 14.6 Å².